The van der Waals surface area contributed by atoms with Crippen LogP contribution in [0.25, 0.3) is 0 Å². The molecule has 2 aromatic rings. The molecule has 0 spiro atoms. The smallest absolute Gasteiger partial charge is 0.257 e. The standard InChI is InChI=1S/C21H30N4O2/c1-16-7-8-18(19(26)14-16)21(27)25-11-4-6-17(15-25)20-22-9-13-24(20)12-5-10-23(2)3/h7-9,13-14,17,26H,4-6,10-12,15H2,1-3H3. The molecule has 1 aromatic heterocycles. The van der Waals surface area contributed by atoms with E-state index < -0.39 is 0 Å². The second kappa shape index (κ2) is 8.57. The number of nitrogens with zero attached hydrogens (tertiary/aromatic N) is 4. The molecule has 6 nitrogen and oxygen atoms in total. The lowest BCUT2D eigenvalue weighted by Gasteiger charge is -2.33. The van der Waals surface area contributed by atoms with Crippen LogP contribution in [-0.4, -0.2) is 64.1 Å². The van der Waals surface area contributed by atoms with Crippen molar-refractivity contribution < 1.29 is 9.90 Å². The van der Waals surface area contributed by atoms with E-state index >= 15 is 0 Å². The average Bonchev–Trinajstić information content (AvgIpc) is 3.09. The summed E-state index contributed by atoms with van der Waals surface area (Å²) < 4.78 is 2.23. The Hall–Kier alpha value is -2.34. The van der Waals surface area contributed by atoms with Crippen LogP contribution >= 0.6 is 0 Å². The predicted octanol–water partition coefficient (Wildman–Crippen LogP) is 2.87. The van der Waals surface area contributed by atoms with Crippen molar-refractivity contribution in [3.8, 4) is 5.75 Å². The molecule has 2 heterocycles. The first-order chi connectivity index (χ1) is 13.0. The van der Waals surface area contributed by atoms with Gasteiger partial charge in [0.25, 0.3) is 5.91 Å². The summed E-state index contributed by atoms with van der Waals surface area (Å²) in [5, 5.41) is 10.2. The highest BCUT2D eigenvalue weighted by molar-refractivity contribution is 5.97. The summed E-state index contributed by atoms with van der Waals surface area (Å²) in [7, 11) is 4.17. The second-order valence-electron chi connectivity index (χ2n) is 7.75. The fourth-order valence-corrected chi connectivity index (χ4v) is 3.79. The Bertz CT molecular complexity index is 784. The SMILES string of the molecule is Cc1ccc(C(=O)N2CCCC(c3nccn3CCCN(C)C)C2)c(O)c1. The normalized spacial score (nSPS) is 17.5. The number of imidazole rings is 1. The van der Waals surface area contributed by atoms with Crippen molar-refractivity contribution in [1.82, 2.24) is 19.4 Å². The molecular weight excluding hydrogens is 340 g/mol. The van der Waals surface area contributed by atoms with Gasteiger partial charge in [0.2, 0.25) is 0 Å². The number of aromatic hydroxyl groups is 1. The highest BCUT2D eigenvalue weighted by atomic mass is 16.3. The Morgan fingerprint density at radius 1 is 1.37 bits per heavy atom. The summed E-state index contributed by atoms with van der Waals surface area (Å²) in [4.78, 5) is 21.6. The van der Waals surface area contributed by atoms with Gasteiger partial charge in [-0.15, -0.1) is 0 Å². The fourth-order valence-electron chi connectivity index (χ4n) is 3.79. The van der Waals surface area contributed by atoms with Gasteiger partial charge in [0, 0.05) is 37.9 Å². The minimum Gasteiger partial charge on any atom is -0.507 e. The van der Waals surface area contributed by atoms with Gasteiger partial charge in [-0.2, -0.15) is 0 Å². The zero-order valence-corrected chi connectivity index (χ0v) is 16.6. The Labute approximate surface area is 161 Å². The highest BCUT2D eigenvalue weighted by Crippen LogP contribution is 2.28. The van der Waals surface area contributed by atoms with Gasteiger partial charge < -0.3 is 19.5 Å². The minimum atomic E-state index is -0.0945. The summed E-state index contributed by atoms with van der Waals surface area (Å²) in [5.74, 6) is 1.28. The Balaban J connectivity index is 1.69. The van der Waals surface area contributed by atoms with Crippen LogP contribution in [0.15, 0.2) is 30.6 Å². The van der Waals surface area contributed by atoms with Crippen molar-refractivity contribution in [2.24, 2.45) is 0 Å². The number of likely N-dealkylation sites (tertiary alicyclic amines) is 1. The molecule has 27 heavy (non-hydrogen) atoms. The fraction of sp³-hybridized carbons (Fsp3) is 0.524. The van der Waals surface area contributed by atoms with Gasteiger partial charge in [0.1, 0.15) is 11.6 Å². The van der Waals surface area contributed by atoms with E-state index in [1.54, 1.807) is 12.1 Å². The summed E-state index contributed by atoms with van der Waals surface area (Å²) in [6, 6.07) is 5.23. The molecular formula is C21H30N4O2. The number of phenolic OH excluding ortho intramolecular Hbond substituents is 1. The second-order valence-corrected chi connectivity index (χ2v) is 7.75. The summed E-state index contributed by atoms with van der Waals surface area (Å²) in [5.41, 5.74) is 1.33. The third-order valence-electron chi connectivity index (χ3n) is 5.21. The van der Waals surface area contributed by atoms with Crippen molar-refractivity contribution in [1.29, 1.82) is 0 Å². The number of amides is 1. The molecule has 0 aliphatic carbocycles. The number of hydrogen-bond acceptors (Lipinski definition) is 4. The summed E-state index contributed by atoms with van der Waals surface area (Å²) in [6.07, 6.45) is 6.96. The number of hydrogen-bond donors (Lipinski definition) is 1. The van der Waals surface area contributed by atoms with Gasteiger partial charge in [-0.1, -0.05) is 6.07 Å². The highest BCUT2D eigenvalue weighted by Gasteiger charge is 2.29. The quantitative estimate of drug-likeness (QED) is 0.849. The first-order valence-electron chi connectivity index (χ1n) is 9.70. The van der Waals surface area contributed by atoms with Gasteiger partial charge in [0.15, 0.2) is 0 Å². The zero-order valence-electron chi connectivity index (χ0n) is 16.6. The first kappa shape index (κ1) is 19.4. The Morgan fingerprint density at radius 3 is 2.93 bits per heavy atom. The van der Waals surface area contributed by atoms with Crippen LogP contribution in [0.2, 0.25) is 0 Å². The molecule has 146 valence electrons. The Kier molecular flexibility index (Phi) is 6.16. The molecule has 1 N–H and O–H groups in total. The molecule has 1 aliphatic heterocycles. The Morgan fingerprint density at radius 2 is 2.19 bits per heavy atom. The summed E-state index contributed by atoms with van der Waals surface area (Å²) in [6.45, 7) is 5.26. The average molecular weight is 370 g/mol. The van der Waals surface area contributed by atoms with Gasteiger partial charge in [0.05, 0.1) is 5.56 Å². The number of carbonyl (C=O) groups excluding carboxylic acids is 1. The topological polar surface area (TPSA) is 61.6 Å². The number of aromatic nitrogens is 2. The third-order valence-corrected chi connectivity index (χ3v) is 5.21. The van der Waals surface area contributed by atoms with Gasteiger partial charge >= 0.3 is 0 Å². The monoisotopic (exact) mass is 370 g/mol. The van der Waals surface area contributed by atoms with Crippen LogP contribution in [0.1, 0.15) is 46.9 Å². The molecule has 1 aromatic carbocycles. The maximum atomic E-state index is 12.9. The lowest BCUT2D eigenvalue weighted by Crippen LogP contribution is -2.39. The molecule has 1 amide bonds. The van der Waals surface area contributed by atoms with Crippen LogP contribution in [0.3, 0.4) is 0 Å². The molecule has 6 heteroatoms. The number of phenols is 1. The van der Waals surface area contributed by atoms with Crippen LogP contribution in [0.5, 0.6) is 5.75 Å². The van der Waals surface area contributed by atoms with E-state index in [2.05, 4.69) is 28.5 Å². The molecule has 3 rings (SSSR count). The van der Waals surface area contributed by atoms with Crippen molar-refractivity contribution in [3.63, 3.8) is 0 Å². The van der Waals surface area contributed by atoms with Gasteiger partial charge in [-0.25, -0.2) is 4.98 Å². The van der Waals surface area contributed by atoms with Gasteiger partial charge in [-0.05, 0) is 64.5 Å². The van der Waals surface area contributed by atoms with Crippen LogP contribution in [0, 0.1) is 6.92 Å². The predicted molar refractivity (Wildman–Crippen MR) is 106 cm³/mol. The van der Waals surface area contributed by atoms with Crippen LogP contribution in [0.4, 0.5) is 0 Å². The van der Waals surface area contributed by atoms with Gasteiger partial charge in [-0.3, -0.25) is 4.79 Å². The minimum absolute atomic E-state index is 0.0623. The van der Waals surface area contributed by atoms with E-state index in [1.807, 2.05) is 30.3 Å². The van der Waals surface area contributed by atoms with E-state index in [0.29, 0.717) is 12.1 Å². The lowest BCUT2D eigenvalue weighted by molar-refractivity contribution is 0.0700. The van der Waals surface area contributed by atoms with Crippen molar-refractivity contribution in [3.05, 3.63) is 47.5 Å². The molecule has 1 aliphatic rings. The summed E-state index contributed by atoms with van der Waals surface area (Å²) >= 11 is 0. The van der Waals surface area contributed by atoms with Crippen molar-refractivity contribution in [2.45, 2.75) is 38.6 Å². The van der Waals surface area contributed by atoms with E-state index in [-0.39, 0.29) is 17.6 Å². The van der Waals surface area contributed by atoms with Crippen LogP contribution < -0.4 is 0 Å². The number of piperidine rings is 1. The number of aryl methyl sites for hydroxylation is 2. The molecule has 0 radical (unpaired) electrons. The number of carbonyl (C=O) groups is 1. The molecule has 1 saturated heterocycles. The number of benzene rings is 1. The number of rotatable bonds is 6. The van der Waals surface area contributed by atoms with E-state index in [4.69, 9.17) is 0 Å². The lowest BCUT2D eigenvalue weighted by atomic mass is 9.96. The maximum absolute atomic E-state index is 12.9. The molecule has 0 bridgehead atoms. The largest absolute Gasteiger partial charge is 0.507 e. The van der Waals surface area contributed by atoms with E-state index in [9.17, 15) is 9.90 Å². The molecule has 1 atom stereocenters. The molecule has 1 fully saturated rings. The van der Waals surface area contributed by atoms with Crippen molar-refractivity contribution >= 4 is 5.91 Å². The van der Waals surface area contributed by atoms with Crippen molar-refractivity contribution in [2.75, 3.05) is 33.7 Å². The van der Waals surface area contributed by atoms with E-state index in [0.717, 1.165) is 50.3 Å². The van der Waals surface area contributed by atoms with E-state index in [1.165, 1.54) is 0 Å². The molecule has 0 saturated carbocycles. The van der Waals surface area contributed by atoms with Crippen LogP contribution in [-0.2, 0) is 6.54 Å². The first-order valence-corrected chi connectivity index (χ1v) is 9.70. The maximum Gasteiger partial charge on any atom is 0.257 e. The molecule has 1 unspecified atom stereocenters. The third kappa shape index (κ3) is 4.69. The zero-order chi connectivity index (χ0) is 19.4.